The Hall–Kier alpha value is -2.89. The average Bonchev–Trinajstić information content (AvgIpc) is 3.04. The molecule has 2 aromatic heterocycles. The topological polar surface area (TPSA) is 65.8 Å². The van der Waals surface area contributed by atoms with E-state index in [1.54, 1.807) is 16.8 Å². The molecule has 0 unspecified atom stereocenters. The molecule has 4 rings (SSSR count). The molecular formula is C21H23FN4O. The number of fused-ring (bicyclic) bond motifs is 2. The molecule has 0 saturated carbocycles. The number of aryl methyl sites for hydroxylation is 1. The zero-order valence-corrected chi connectivity index (χ0v) is 15.8. The standard InChI is InChI=1S/C21H23FN4O/c1-5-6-26-15-8-16(14(22)7-13(15)20(23)24-26)25-11-12(2)19-17(25)9-21(3,4)10-18(19)27/h5,7-8,11H,1,6,9-10H2,2-4H3,(H2,23,24). The molecule has 140 valence electrons. The van der Waals surface area contributed by atoms with Crippen molar-refractivity contribution in [1.29, 1.82) is 0 Å². The van der Waals surface area contributed by atoms with E-state index in [0.29, 0.717) is 36.3 Å². The second kappa shape index (κ2) is 5.81. The van der Waals surface area contributed by atoms with Crippen molar-refractivity contribution in [2.75, 3.05) is 5.73 Å². The Morgan fingerprint density at radius 1 is 1.37 bits per heavy atom. The molecule has 0 fully saturated rings. The minimum absolute atomic E-state index is 0.125. The highest BCUT2D eigenvalue weighted by Crippen LogP contribution is 2.39. The maximum atomic E-state index is 15.0. The number of Topliss-reactive ketones (excluding diaryl/α,β-unsaturated/α-hetero) is 1. The molecule has 1 aliphatic rings. The summed E-state index contributed by atoms with van der Waals surface area (Å²) >= 11 is 0. The van der Waals surface area contributed by atoms with Gasteiger partial charge in [0.2, 0.25) is 0 Å². The summed E-state index contributed by atoms with van der Waals surface area (Å²) in [4.78, 5) is 12.7. The molecule has 3 aromatic rings. The van der Waals surface area contributed by atoms with Gasteiger partial charge in [-0.15, -0.1) is 6.58 Å². The molecule has 27 heavy (non-hydrogen) atoms. The second-order valence-corrected chi connectivity index (χ2v) is 8.12. The van der Waals surface area contributed by atoms with Crippen LogP contribution < -0.4 is 5.73 Å². The van der Waals surface area contributed by atoms with Gasteiger partial charge in [-0.2, -0.15) is 5.10 Å². The Morgan fingerprint density at radius 3 is 2.81 bits per heavy atom. The fourth-order valence-corrected chi connectivity index (χ4v) is 4.15. The zero-order chi connectivity index (χ0) is 19.5. The first-order valence-corrected chi connectivity index (χ1v) is 9.02. The van der Waals surface area contributed by atoms with Crippen LogP contribution in [0.4, 0.5) is 10.2 Å². The number of halogens is 1. The predicted octanol–water partition coefficient (Wildman–Crippen LogP) is 4.20. The van der Waals surface area contributed by atoms with Crippen LogP contribution in [0.5, 0.6) is 0 Å². The third-order valence-corrected chi connectivity index (χ3v) is 5.27. The molecule has 0 saturated heterocycles. The fourth-order valence-electron chi connectivity index (χ4n) is 4.15. The Bertz CT molecular complexity index is 1100. The molecule has 5 nitrogen and oxygen atoms in total. The predicted molar refractivity (Wildman–Crippen MR) is 105 cm³/mol. The summed E-state index contributed by atoms with van der Waals surface area (Å²) in [6.07, 6.45) is 4.80. The number of nitrogen functional groups attached to an aromatic ring is 1. The van der Waals surface area contributed by atoms with Crippen LogP contribution in [-0.4, -0.2) is 20.1 Å². The molecule has 6 heteroatoms. The molecule has 0 bridgehead atoms. The lowest BCUT2D eigenvalue weighted by Gasteiger charge is -2.30. The molecule has 0 spiro atoms. The van der Waals surface area contributed by atoms with Crippen LogP contribution in [0, 0.1) is 18.2 Å². The largest absolute Gasteiger partial charge is 0.382 e. The van der Waals surface area contributed by atoms with Crippen LogP contribution in [0.3, 0.4) is 0 Å². The van der Waals surface area contributed by atoms with Gasteiger partial charge >= 0.3 is 0 Å². The lowest BCUT2D eigenvalue weighted by molar-refractivity contribution is 0.0910. The van der Waals surface area contributed by atoms with Gasteiger partial charge in [-0.05, 0) is 36.5 Å². The van der Waals surface area contributed by atoms with Crippen molar-refractivity contribution < 1.29 is 9.18 Å². The number of hydrogen-bond donors (Lipinski definition) is 1. The van der Waals surface area contributed by atoms with Gasteiger partial charge in [-0.25, -0.2) is 4.39 Å². The highest BCUT2D eigenvalue weighted by atomic mass is 19.1. The number of rotatable bonds is 3. The quantitative estimate of drug-likeness (QED) is 0.707. The molecule has 0 radical (unpaired) electrons. The monoisotopic (exact) mass is 366 g/mol. The maximum absolute atomic E-state index is 15.0. The molecule has 0 amide bonds. The van der Waals surface area contributed by atoms with Crippen molar-refractivity contribution in [3.05, 3.63) is 53.6 Å². The SMILES string of the molecule is C=CCn1nc(N)c2cc(F)c(-n3cc(C)c4c3CC(C)(C)CC4=O)cc21. The summed E-state index contributed by atoms with van der Waals surface area (Å²) in [6, 6.07) is 3.17. The van der Waals surface area contributed by atoms with Crippen molar-refractivity contribution in [3.8, 4) is 5.69 Å². The minimum Gasteiger partial charge on any atom is -0.382 e. The van der Waals surface area contributed by atoms with Crippen molar-refractivity contribution in [1.82, 2.24) is 14.3 Å². The van der Waals surface area contributed by atoms with Crippen LogP contribution in [0.15, 0.2) is 31.0 Å². The maximum Gasteiger partial charge on any atom is 0.165 e. The van der Waals surface area contributed by atoms with Gasteiger partial charge in [0.1, 0.15) is 5.82 Å². The Labute approximate surface area is 157 Å². The van der Waals surface area contributed by atoms with E-state index in [1.807, 2.05) is 17.7 Å². The van der Waals surface area contributed by atoms with E-state index in [1.165, 1.54) is 6.07 Å². The minimum atomic E-state index is -0.388. The molecule has 1 aliphatic carbocycles. The summed E-state index contributed by atoms with van der Waals surface area (Å²) < 4.78 is 18.6. The molecule has 2 heterocycles. The smallest absolute Gasteiger partial charge is 0.165 e. The van der Waals surface area contributed by atoms with Crippen LogP contribution >= 0.6 is 0 Å². The number of nitrogens with two attached hydrogens (primary N) is 1. The number of carbonyl (C=O) groups excluding carboxylic acids is 1. The number of benzene rings is 1. The number of carbonyl (C=O) groups is 1. The first-order valence-electron chi connectivity index (χ1n) is 9.02. The van der Waals surface area contributed by atoms with Gasteiger partial charge in [0.05, 0.1) is 17.7 Å². The van der Waals surface area contributed by atoms with Gasteiger partial charge in [-0.3, -0.25) is 9.48 Å². The van der Waals surface area contributed by atoms with E-state index < -0.39 is 0 Å². The number of allylic oxidation sites excluding steroid dienone is 1. The number of aromatic nitrogens is 3. The molecule has 2 N–H and O–H groups in total. The highest BCUT2D eigenvalue weighted by molar-refractivity contribution is 6.00. The molecule has 0 aliphatic heterocycles. The number of anilines is 1. The molecular weight excluding hydrogens is 343 g/mol. The zero-order valence-electron chi connectivity index (χ0n) is 15.8. The van der Waals surface area contributed by atoms with Gasteiger partial charge in [0.25, 0.3) is 0 Å². The van der Waals surface area contributed by atoms with E-state index in [0.717, 1.165) is 22.3 Å². The Morgan fingerprint density at radius 2 is 2.11 bits per heavy atom. The third-order valence-electron chi connectivity index (χ3n) is 5.27. The van der Waals surface area contributed by atoms with Crippen LogP contribution in [-0.2, 0) is 13.0 Å². The van der Waals surface area contributed by atoms with Crippen molar-refractivity contribution in [3.63, 3.8) is 0 Å². The first kappa shape index (κ1) is 17.5. The summed E-state index contributed by atoms with van der Waals surface area (Å²) in [5.41, 5.74) is 9.42. The lowest BCUT2D eigenvalue weighted by atomic mass is 9.75. The summed E-state index contributed by atoms with van der Waals surface area (Å²) in [5, 5.41) is 4.85. The summed E-state index contributed by atoms with van der Waals surface area (Å²) in [7, 11) is 0. The van der Waals surface area contributed by atoms with Crippen LogP contribution in [0.2, 0.25) is 0 Å². The van der Waals surface area contributed by atoms with E-state index in [4.69, 9.17) is 5.73 Å². The lowest BCUT2D eigenvalue weighted by Crippen LogP contribution is -2.28. The number of hydrogen-bond acceptors (Lipinski definition) is 3. The van der Waals surface area contributed by atoms with Gasteiger partial charge in [0.15, 0.2) is 11.6 Å². The third kappa shape index (κ3) is 2.67. The van der Waals surface area contributed by atoms with Gasteiger partial charge in [0, 0.05) is 29.3 Å². The Balaban J connectivity index is 1.97. The van der Waals surface area contributed by atoms with Gasteiger partial charge in [-0.1, -0.05) is 19.9 Å². The molecule has 1 aromatic carbocycles. The van der Waals surface area contributed by atoms with E-state index >= 15 is 4.39 Å². The fraction of sp³-hybridized carbons (Fsp3) is 0.333. The van der Waals surface area contributed by atoms with Crippen molar-refractivity contribution in [2.24, 2.45) is 5.41 Å². The average molecular weight is 366 g/mol. The van der Waals surface area contributed by atoms with Crippen LogP contribution in [0.25, 0.3) is 16.6 Å². The number of nitrogens with zero attached hydrogens (tertiary/aromatic N) is 3. The van der Waals surface area contributed by atoms with E-state index in [-0.39, 0.29) is 17.0 Å². The van der Waals surface area contributed by atoms with Crippen molar-refractivity contribution in [2.45, 2.75) is 40.2 Å². The second-order valence-electron chi connectivity index (χ2n) is 8.12. The van der Waals surface area contributed by atoms with E-state index in [2.05, 4.69) is 25.5 Å². The first-order chi connectivity index (χ1) is 12.7. The van der Waals surface area contributed by atoms with Gasteiger partial charge < -0.3 is 10.3 Å². The van der Waals surface area contributed by atoms with Crippen molar-refractivity contribution >= 4 is 22.5 Å². The summed E-state index contributed by atoms with van der Waals surface area (Å²) in [6.45, 7) is 10.3. The molecule has 0 atom stereocenters. The Kier molecular flexibility index (Phi) is 3.77. The number of ketones is 1. The summed E-state index contributed by atoms with van der Waals surface area (Å²) in [5.74, 6) is 0.0280. The normalized spacial score (nSPS) is 15.9. The van der Waals surface area contributed by atoms with Crippen LogP contribution in [0.1, 0.15) is 41.9 Å². The highest BCUT2D eigenvalue weighted by Gasteiger charge is 2.35. The van der Waals surface area contributed by atoms with E-state index in [9.17, 15) is 4.79 Å².